The van der Waals surface area contributed by atoms with Gasteiger partial charge in [-0.15, -0.1) is 11.8 Å². The van der Waals surface area contributed by atoms with Gasteiger partial charge in [0.1, 0.15) is 4.38 Å². The van der Waals surface area contributed by atoms with E-state index in [4.69, 9.17) is 10.8 Å². The molecule has 2 aromatic carbocycles. The number of nitrogens with zero attached hydrogens (tertiary/aromatic N) is 2. The minimum atomic E-state index is 0.723. The zero-order valence-electron chi connectivity index (χ0n) is 14.7. The summed E-state index contributed by atoms with van der Waals surface area (Å²) in [6.07, 6.45) is 2.08. The highest BCUT2D eigenvalue weighted by Gasteiger charge is 2.09. The van der Waals surface area contributed by atoms with Crippen molar-refractivity contribution >= 4 is 33.6 Å². The van der Waals surface area contributed by atoms with E-state index in [-0.39, 0.29) is 0 Å². The summed E-state index contributed by atoms with van der Waals surface area (Å²) in [5, 5.41) is 1.69. The largest absolute Gasteiger partial charge is 0.314 e. The van der Waals surface area contributed by atoms with Crippen molar-refractivity contribution in [1.29, 1.82) is 0 Å². The van der Waals surface area contributed by atoms with Crippen molar-refractivity contribution in [1.82, 2.24) is 0 Å². The van der Waals surface area contributed by atoms with Gasteiger partial charge in [0.15, 0.2) is 0 Å². The second kappa shape index (κ2) is 9.16. The molecule has 0 bridgehead atoms. The van der Waals surface area contributed by atoms with Gasteiger partial charge in [0.05, 0.1) is 12.2 Å². The maximum Gasteiger partial charge on any atom is 0.124 e. The molecule has 0 saturated heterocycles. The average molecular weight is 360 g/mol. The number of anilines is 1. The van der Waals surface area contributed by atoms with E-state index in [9.17, 15) is 0 Å². The van der Waals surface area contributed by atoms with Gasteiger partial charge in [-0.1, -0.05) is 53.7 Å². The number of hydrogen-bond acceptors (Lipinski definition) is 5. The number of aliphatic imine (C=N–C) groups is 1. The fourth-order valence-corrected chi connectivity index (χ4v) is 4.00. The van der Waals surface area contributed by atoms with Gasteiger partial charge in [-0.05, 0) is 42.9 Å². The van der Waals surface area contributed by atoms with Crippen LogP contribution >= 0.6 is 23.5 Å². The molecule has 0 saturated carbocycles. The molecule has 0 fully saturated rings. The van der Waals surface area contributed by atoms with Gasteiger partial charge >= 0.3 is 0 Å². The summed E-state index contributed by atoms with van der Waals surface area (Å²) in [5.41, 5.74) is 6.12. The molecule has 0 aliphatic rings. The lowest BCUT2D eigenvalue weighted by Crippen LogP contribution is -2.26. The number of hydrogen-bond donors (Lipinski definition) is 1. The first kappa shape index (κ1) is 18.9. The molecule has 2 aromatic rings. The van der Waals surface area contributed by atoms with E-state index in [1.54, 1.807) is 28.5 Å². The van der Waals surface area contributed by atoms with Crippen LogP contribution in [0.3, 0.4) is 0 Å². The lowest BCUT2D eigenvalue weighted by Gasteiger charge is -2.18. The molecule has 2 rings (SSSR count). The highest BCUT2D eigenvalue weighted by atomic mass is 32.2. The van der Waals surface area contributed by atoms with E-state index < -0.39 is 0 Å². The van der Waals surface area contributed by atoms with Crippen LogP contribution in [0.25, 0.3) is 0 Å². The third kappa shape index (κ3) is 5.30. The second-order valence-electron chi connectivity index (χ2n) is 5.74. The van der Waals surface area contributed by atoms with E-state index in [2.05, 4.69) is 56.5 Å². The number of rotatable bonds is 5. The summed E-state index contributed by atoms with van der Waals surface area (Å²) in [6.45, 7) is 4.95. The van der Waals surface area contributed by atoms with E-state index in [0.29, 0.717) is 0 Å². The van der Waals surface area contributed by atoms with Crippen LogP contribution in [-0.4, -0.2) is 17.7 Å². The predicted molar refractivity (Wildman–Crippen MR) is 111 cm³/mol. The maximum absolute atomic E-state index is 5.96. The van der Waals surface area contributed by atoms with Crippen molar-refractivity contribution in [3.63, 3.8) is 0 Å². The molecule has 0 aliphatic heterocycles. The Morgan fingerprint density at radius 1 is 1.12 bits per heavy atom. The fraction of sp³-hybridized carbons (Fsp3) is 0.316. The van der Waals surface area contributed by atoms with Crippen molar-refractivity contribution in [2.24, 2.45) is 10.8 Å². The number of nitrogens with two attached hydrogens (primary N) is 1. The molecule has 0 radical (unpaired) electrons. The topological polar surface area (TPSA) is 41.6 Å². The van der Waals surface area contributed by atoms with Crippen LogP contribution in [0.4, 0.5) is 5.69 Å². The smallest absolute Gasteiger partial charge is 0.124 e. The predicted octanol–water partition coefficient (Wildman–Crippen LogP) is 4.77. The van der Waals surface area contributed by atoms with Crippen molar-refractivity contribution < 1.29 is 0 Å². The molecule has 0 spiro atoms. The maximum atomic E-state index is 5.96. The molecule has 3 nitrogen and oxygen atoms in total. The summed E-state index contributed by atoms with van der Waals surface area (Å²) in [5.74, 6) is 6.83. The zero-order valence-corrected chi connectivity index (χ0v) is 16.4. The molecule has 0 unspecified atom stereocenters. The first-order valence-corrected chi connectivity index (χ1v) is 10.1. The lowest BCUT2D eigenvalue weighted by molar-refractivity contribution is 1.00. The quantitative estimate of drug-likeness (QED) is 0.361. The third-order valence-electron chi connectivity index (χ3n) is 3.79. The van der Waals surface area contributed by atoms with Crippen LogP contribution in [0, 0.1) is 13.8 Å². The number of benzene rings is 2. The van der Waals surface area contributed by atoms with Crippen LogP contribution < -0.4 is 10.9 Å². The van der Waals surface area contributed by atoms with Gasteiger partial charge in [-0.25, -0.2) is 5.84 Å². The minimum Gasteiger partial charge on any atom is -0.314 e. The Morgan fingerprint density at radius 2 is 1.83 bits per heavy atom. The van der Waals surface area contributed by atoms with Crippen molar-refractivity contribution in [3.8, 4) is 0 Å². The number of thioether (sulfide) groups is 2. The normalized spacial score (nSPS) is 11.6. The lowest BCUT2D eigenvalue weighted by atomic mass is 10.1. The number of aryl methyl sites for hydroxylation is 2. The molecule has 24 heavy (non-hydrogen) atoms. The van der Waals surface area contributed by atoms with Crippen molar-refractivity contribution in [3.05, 3.63) is 64.7 Å². The van der Waals surface area contributed by atoms with Gasteiger partial charge in [-0.3, -0.25) is 4.99 Å². The molecular formula is C19H25N3S2. The molecular weight excluding hydrogens is 334 g/mol. The first-order chi connectivity index (χ1) is 11.5. The monoisotopic (exact) mass is 359 g/mol. The van der Waals surface area contributed by atoms with Crippen LogP contribution in [0.2, 0.25) is 0 Å². The molecule has 128 valence electrons. The Bertz CT molecular complexity index is 694. The van der Waals surface area contributed by atoms with Crippen LogP contribution in [0.1, 0.15) is 22.3 Å². The Labute approximate surface area is 153 Å². The Hall–Kier alpha value is -1.43. The molecule has 0 aliphatic carbocycles. The standard InChI is InChI=1S/C19H25N3S2/c1-14-8-10-16(11-9-14)12-21-19(23-4)24-13-17-15(2)6-5-7-18(17)22(3)20/h5-11H,12-13,20H2,1-4H3. The molecule has 2 N–H and O–H groups in total. The van der Waals surface area contributed by atoms with E-state index in [1.807, 2.05) is 13.1 Å². The summed E-state index contributed by atoms with van der Waals surface area (Å²) < 4.78 is 1.10. The zero-order chi connectivity index (χ0) is 17.5. The molecule has 5 heteroatoms. The van der Waals surface area contributed by atoms with Gasteiger partial charge < -0.3 is 5.01 Å². The summed E-state index contributed by atoms with van der Waals surface area (Å²) in [6, 6.07) is 14.8. The average Bonchev–Trinajstić information content (AvgIpc) is 2.57. The molecule has 0 amide bonds. The van der Waals surface area contributed by atoms with Gasteiger partial charge in [0.2, 0.25) is 0 Å². The fourth-order valence-electron chi connectivity index (χ4n) is 2.36. The molecule has 0 atom stereocenters. The Kier molecular flexibility index (Phi) is 7.21. The third-order valence-corrected chi connectivity index (χ3v) is 5.93. The van der Waals surface area contributed by atoms with Crippen LogP contribution in [-0.2, 0) is 12.3 Å². The summed E-state index contributed by atoms with van der Waals surface area (Å²) in [4.78, 5) is 4.76. The number of hydrazine groups is 1. The SMILES string of the molecule is CSC(=NCc1ccc(C)cc1)SCc1c(C)cccc1N(C)N. The van der Waals surface area contributed by atoms with Crippen molar-refractivity contribution in [2.45, 2.75) is 26.1 Å². The van der Waals surface area contributed by atoms with Crippen LogP contribution in [0.15, 0.2) is 47.5 Å². The van der Waals surface area contributed by atoms with Gasteiger partial charge in [0.25, 0.3) is 0 Å². The summed E-state index contributed by atoms with van der Waals surface area (Å²) in [7, 11) is 1.88. The van der Waals surface area contributed by atoms with E-state index >= 15 is 0 Å². The van der Waals surface area contributed by atoms with Gasteiger partial charge in [-0.2, -0.15) is 0 Å². The highest BCUT2D eigenvalue weighted by Crippen LogP contribution is 2.28. The minimum absolute atomic E-state index is 0.723. The second-order valence-corrected chi connectivity index (χ2v) is 7.76. The highest BCUT2D eigenvalue weighted by molar-refractivity contribution is 8.38. The molecule has 0 aromatic heterocycles. The van der Waals surface area contributed by atoms with E-state index in [1.165, 1.54) is 22.3 Å². The molecule has 0 heterocycles. The Balaban J connectivity index is 2.06. The first-order valence-electron chi connectivity index (χ1n) is 7.85. The van der Waals surface area contributed by atoms with E-state index in [0.717, 1.165) is 22.4 Å². The summed E-state index contributed by atoms with van der Waals surface area (Å²) >= 11 is 3.47. The Morgan fingerprint density at radius 3 is 2.46 bits per heavy atom. The van der Waals surface area contributed by atoms with Crippen molar-refractivity contribution in [2.75, 3.05) is 18.3 Å². The van der Waals surface area contributed by atoms with Crippen LogP contribution in [0.5, 0.6) is 0 Å². The van der Waals surface area contributed by atoms with Gasteiger partial charge in [0, 0.05) is 12.8 Å².